The van der Waals surface area contributed by atoms with E-state index in [4.69, 9.17) is 4.74 Å². The Morgan fingerprint density at radius 1 is 1.09 bits per heavy atom. The largest absolute Gasteiger partial charge is 0.469 e. The van der Waals surface area contributed by atoms with Crippen LogP contribution in [-0.4, -0.2) is 52.8 Å². The molecule has 0 radical (unpaired) electrons. The monoisotopic (exact) mass is 460 g/mol. The molecule has 1 aliphatic heterocycles. The molecule has 34 heavy (non-hydrogen) atoms. The van der Waals surface area contributed by atoms with Gasteiger partial charge in [0, 0.05) is 43.4 Å². The number of nitrogens with one attached hydrogen (secondary N) is 1. The van der Waals surface area contributed by atoms with Crippen molar-refractivity contribution >= 4 is 11.9 Å². The van der Waals surface area contributed by atoms with E-state index in [-0.39, 0.29) is 17.9 Å². The Hall–Kier alpha value is -3.45. The molecule has 3 aromatic rings. The van der Waals surface area contributed by atoms with Crippen molar-refractivity contribution in [2.75, 3.05) is 20.2 Å². The smallest absolute Gasteiger partial charge is 0.305 e. The van der Waals surface area contributed by atoms with Crippen LogP contribution in [0.2, 0.25) is 0 Å². The summed E-state index contributed by atoms with van der Waals surface area (Å²) in [6.07, 6.45) is 1.87. The Bertz CT molecular complexity index is 1140. The van der Waals surface area contributed by atoms with E-state index in [1.165, 1.54) is 12.7 Å². The summed E-state index contributed by atoms with van der Waals surface area (Å²) >= 11 is 0. The Morgan fingerprint density at radius 3 is 2.53 bits per heavy atom. The minimum atomic E-state index is -0.229. The van der Waals surface area contributed by atoms with Gasteiger partial charge in [0.05, 0.1) is 18.5 Å². The number of amides is 1. The van der Waals surface area contributed by atoms with Crippen LogP contribution in [0.1, 0.15) is 45.7 Å². The van der Waals surface area contributed by atoms with Crippen LogP contribution in [0.15, 0.2) is 54.6 Å². The van der Waals surface area contributed by atoms with Gasteiger partial charge in [0.25, 0.3) is 5.91 Å². The Balaban J connectivity index is 1.35. The molecular formula is C27H32N4O3. The maximum atomic E-state index is 12.8. The summed E-state index contributed by atoms with van der Waals surface area (Å²) in [5, 5.41) is 7.82. The molecule has 0 bridgehead atoms. The summed E-state index contributed by atoms with van der Waals surface area (Å²) in [7, 11) is 1.40. The van der Waals surface area contributed by atoms with Gasteiger partial charge in [-0.05, 0) is 62.1 Å². The highest BCUT2D eigenvalue weighted by atomic mass is 16.5. The molecule has 1 saturated heterocycles. The SMILES string of the molecule is COC(=O)CCc1c(C)nn(-c2ccc(C(=O)NC3CCN(Cc4ccccc4)C3)cc2)c1C. The number of methoxy groups -OCH3 is 1. The third-order valence-corrected chi connectivity index (χ3v) is 6.48. The van der Waals surface area contributed by atoms with Crippen LogP contribution >= 0.6 is 0 Å². The van der Waals surface area contributed by atoms with E-state index in [1.54, 1.807) is 0 Å². The van der Waals surface area contributed by atoms with Gasteiger partial charge in [-0.1, -0.05) is 30.3 Å². The number of benzene rings is 2. The maximum Gasteiger partial charge on any atom is 0.305 e. The van der Waals surface area contributed by atoms with Crippen LogP contribution in [0.3, 0.4) is 0 Å². The van der Waals surface area contributed by atoms with E-state index >= 15 is 0 Å². The van der Waals surface area contributed by atoms with Crippen molar-refractivity contribution in [1.29, 1.82) is 0 Å². The topological polar surface area (TPSA) is 76.5 Å². The number of aromatic nitrogens is 2. The summed E-state index contributed by atoms with van der Waals surface area (Å²) < 4.78 is 6.62. The highest BCUT2D eigenvalue weighted by Gasteiger charge is 2.24. The molecule has 1 aliphatic rings. The first-order valence-electron chi connectivity index (χ1n) is 11.7. The number of hydrogen-bond acceptors (Lipinski definition) is 5. The standard InChI is InChI=1S/C27H32N4O3/c1-19-25(13-14-26(32)34-3)20(2)31(29-19)24-11-9-22(10-12-24)27(33)28-23-15-16-30(18-23)17-21-7-5-4-6-8-21/h4-12,23H,13-18H2,1-3H3,(H,28,33). The highest BCUT2D eigenvalue weighted by Crippen LogP contribution is 2.20. The van der Waals surface area contributed by atoms with Gasteiger partial charge in [0.1, 0.15) is 0 Å². The van der Waals surface area contributed by atoms with Gasteiger partial charge >= 0.3 is 5.97 Å². The molecule has 7 nitrogen and oxygen atoms in total. The minimum Gasteiger partial charge on any atom is -0.469 e. The van der Waals surface area contributed by atoms with Gasteiger partial charge < -0.3 is 10.1 Å². The van der Waals surface area contributed by atoms with Gasteiger partial charge in [-0.2, -0.15) is 5.10 Å². The number of ether oxygens (including phenoxy) is 1. The molecule has 1 fully saturated rings. The molecule has 178 valence electrons. The van der Waals surface area contributed by atoms with Crippen molar-refractivity contribution in [2.24, 2.45) is 0 Å². The number of likely N-dealkylation sites (tertiary alicyclic amines) is 1. The lowest BCUT2D eigenvalue weighted by Gasteiger charge is -2.17. The quantitative estimate of drug-likeness (QED) is 0.520. The molecule has 7 heteroatoms. The summed E-state index contributed by atoms with van der Waals surface area (Å²) in [6.45, 7) is 6.69. The number of carbonyl (C=O) groups excluding carboxylic acids is 2. The zero-order valence-electron chi connectivity index (χ0n) is 20.1. The van der Waals surface area contributed by atoms with E-state index in [2.05, 4.69) is 39.6 Å². The summed E-state index contributed by atoms with van der Waals surface area (Å²) in [5.74, 6) is -0.280. The minimum absolute atomic E-state index is 0.0507. The number of esters is 1. The first kappa shape index (κ1) is 23.7. The predicted octanol–water partition coefficient (Wildman–Crippen LogP) is 3.60. The first-order valence-corrected chi connectivity index (χ1v) is 11.7. The lowest BCUT2D eigenvalue weighted by molar-refractivity contribution is -0.140. The molecular weight excluding hydrogens is 428 g/mol. The predicted molar refractivity (Wildman–Crippen MR) is 131 cm³/mol. The summed E-state index contributed by atoms with van der Waals surface area (Å²) in [6, 6.07) is 18.1. The maximum absolute atomic E-state index is 12.8. The van der Waals surface area contributed by atoms with Crippen molar-refractivity contribution < 1.29 is 14.3 Å². The van der Waals surface area contributed by atoms with Gasteiger partial charge in [0.15, 0.2) is 0 Å². The van der Waals surface area contributed by atoms with Crippen molar-refractivity contribution in [2.45, 2.75) is 45.7 Å². The van der Waals surface area contributed by atoms with Crippen LogP contribution < -0.4 is 5.32 Å². The average molecular weight is 461 g/mol. The van der Waals surface area contributed by atoms with E-state index in [0.717, 1.165) is 48.7 Å². The van der Waals surface area contributed by atoms with Gasteiger partial charge in [-0.15, -0.1) is 0 Å². The van der Waals surface area contributed by atoms with Crippen LogP contribution in [0.4, 0.5) is 0 Å². The number of hydrogen-bond donors (Lipinski definition) is 1. The Labute approximate surface area is 200 Å². The molecule has 2 heterocycles. The summed E-state index contributed by atoms with van der Waals surface area (Å²) in [4.78, 5) is 26.7. The summed E-state index contributed by atoms with van der Waals surface area (Å²) in [5.41, 5.74) is 5.75. The fraction of sp³-hybridized carbons (Fsp3) is 0.370. The van der Waals surface area contributed by atoms with Crippen molar-refractivity contribution in [1.82, 2.24) is 20.0 Å². The lowest BCUT2D eigenvalue weighted by Crippen LogP contribution is -2.37. The van der Waals surface area contributed by atoms with Crippen molar-refractivity contribution in [3.05, 3.63) is 82.7 Å². The average Bonchev–Trinajstić information content (AvgIpc) is 3.41. The van der Waals surface area contributed by atoms with E-state index in [1.807, 2.05) is 48.9 Å². The second kappa shape index (κ2) is 10.7. The highest BCUT2D eigenvalue weighted by molar-refractivity contribution is 5.94. The van der Waals surface area contributed by atoms with Gasteiger partial charge in [0.2, 0.25) is 0 Å². The fourth-order valence-corrected chi connectivity index (χ4v) is 4.58. The van der Waals surface area contributed by atoms with Crippen molar-refractivity contribution in [3.63, 3.8) is 0 Å². The normalized spacial score (nSPS) is 15.9. The third kappa shape index (κ3) is 5.54. The second-order valence-corrected chi connectivity index (χ2v) is 8.86. The molecule has 0 spiro atoms. The van der Waals surface area contributed by atoms with Crippen LogP contribution in [0.25, 0.3) is 5.69 Å². The van der Waals surface area contributed by atoms with Gasteiger partial charge in [-0.3, -0.25) is 14.5 Å². The molecule has 1 aromatic heterocycles. The number of aryl methyl sites for hydroxylation is 1. The second-order valence-electron chi connectivity index (χ2n) is 8.86. The van der Waals surface area contributed by atoms with Gasteiger partial charge in [-0.25, -0.2) is 4.68 Å². The van der Waals surface area contributed by atoms with Crippen LogP contribution in [0.5, 0.6) is 0 Å². The molecule has 1 amide bonds. The van der Waals surface area contributed by atoms with Crippen LogP contribution in [0, 0.1) is 13.8 Å². The number of carbonyl (C=O) groups is 2. The lowest BCUT2D eigenvalue weighted by atomic mass is 10.1. The van der Waals surface area contributed by atoms with Crippen LogP contribution in [-0.2, 0) is 22.5 Å². The first-order chi connectivity index (χ1) is 16.4. The molecule has 1 N–H and O–H groups in total. The molecule has 0 aliphatic carbocycles. The zero-order chi connectivity index (χ0) is 24.1. The Kier molecular flexibility index (Phi) is 7.43. The van der Waals surface area contributed by atoms with E-state index in [0.29, 0.717) is 18.4 Å². The van der Waals surface area contributed by atoms with E-state index < -0.39 is 0 Å². The number of nitrogens with zero attached hydrogens (tertiary/aromatic N) is 3. The van der Waals surface area contributed by atoms with Crippen molar-refractivity contribution in [3.8, 4) is 5.69 Å². The molecule has 1 unspecified atom stereocenters. The molecule has 0 saturated carbocycles. The molecule has 1 atom stereocenters. The number of rotatable bonds is 8. The van der Waals surface area contributed by atoms with E-state index in [9.17, 15) is 9.59 Å². The third-order valence-electron chi connectivity index (χ3n) is 6.48. The Morgan fingerprint density at radius 2 is 1.82 bits per heavy atom. The zero-order valence-corrected chi connectivity index (χ0v) is 20.1. The molecule has 2 aromatic carbocycles. The molecule has 4 rings (SSSR count). The fourth-order valence-electron chi connectivity index (χ4n) is 4.58.